The number of aromatic nitrogens is 1. The molecule has 1 aromatic heterocycles. The fourth-order valence-electron chi connectivity index (χ4n) is 2.08. The zero-order valence-corrected chi connectivity index (χ0v) is 11.9. The minimum Gasteiger partial charge on any atom is -0.468 e. The summed E-state index contributed by atoms with van der Waals surface area (Å²) >= 11 is 0. The number of nitrogens with zero attached hydrogens (tertiary/aromatic N) is 1. The Kier molecular flexibility index (Phi) is 5.29. The van der Waals surface area contributed by atoms with Crippen molar-refractivity contribution in [2.75, 3.05) is 13.7 Å². The number of rotatable bonds is 6. The van der Waals surface area contributed by atoms with Crippen molar-refractivity contribution in [1.29, 1.82) is 0 Å². The van der Waals surface area contributed by atoms with Gasteiger partial charge in [-0.15, -0.1) is 0 Å². The van der Waals surface area contributed by atoms with E-state index in [0.29, 0.717) is 13.1 Å². The highest BCUT2D eigenvalue weighted by Crippen LogP contribution is 2.13. The summed E-state index contributed by atoms with van der Waals surface area (Å²) in [7, 11) is 1.36. The van der Waals surface area contributed by atoms with Gasteiger partial charge in [0.25, 0.3) is 5.56 Å². The van der Waals surface area contributed by atoms with Crippen LogP contribution in [0.25, 0.3) is 0 Å². The van der Waals surface area contributed by atoms with Crippen LogP contribution in [-0.2, 0) is 16.1 Å². The predicted octanol–water partition coefficient (Wildman–Crippen LogP) is 1.35. The Bertz CT molecular complexity index is 637. The smallest absolute Gasteiger partial charge is 0.327 e. The summed E-state index contributed by atoms with van der Waals surface area (Å²) in [5.41, 5.74) is 0.776. The zero-order valence-electron chi connectivity index (χ0n) is 11.9. The van der Waals surface area contributed by atoms with E-state index in [2.05, 4.69) is 5.32 Å². The quantitative estimate of drug-likeness (QED) is 0.814. The molecule has 1 heterocycles. The van der Waals surface area contributed by atoms with Crippen molar-refractivity contribution in [2.45, 2.75) is 12.6 Å². The average Bonchev–Trinajstić information content (AvgIpc) is 2.53. The van der Waals surface area contributed by atoms with Gasteiger partial charge in [-0.3, -0.25) is 10.1 Å². The number of carbonyl (C=O) groups is 1. The fourth-order valence-corrected chi connectivity index (χ4v) is 2.08. The molecule has 0 saturated heterocycles. The van der Waals surface area contributed by atoms with Crippen molar-refractivity contribution in [1.82, 2.24) is 9.88 Å². The van der Waals surface area contributed by atoms with Crippen molar-refractivity contribution in [2.24, 2.45) is 0 Å². The molecule has 1 N–H and O–H groups in total. The van der Waals surface area contributed by atoms with Crippen molar-refractivity contribution < 1.29 is 9.53 Å². The van der Waals surface area contributed by atoms with Gasteiger partial charge < -0.3 is 9.30 Å². The van der Waals surface area contributed by atoms with Crippen molar-refractivity contribution in [3.05, 3.63) is 70.6 Å². The van der Waals surface area contributed by atoms with Crippen LogP contribution in [0.1, 0.15) is 11.6 Å². The molecular weight excluding hydrogens is 268 g/mol. The maximum Gasteiger partial charge on any atom is 0.327 e. The highest BCUT2D eigenvalue weighted by Gasteiger charge is 2.20. The molecule has 1 unspecified atom stereocenters. The second-order valence-electron chi connectivity index (χ2n) is 4.55. The molecule has 1 aromatic carbocycles. The van der Waals surface area contributed by atoms with Gasteiger partial charge in [0.15, 0.2) is 0 Å². The van der Waals surface area contributed by atoms with E-state index in [4.69, 9.17) is 4.74 Å². The standard InChI is InChI=1S/C16H18N2O3/c1-21-16(20)15(13-7-3-2-4-8-13)17-10-12-18-11-6-5-9-14(18)19/h2-9,11,15,17H,10,12H2,1H3. The number of benzene rings is 1. The molecule has 21 heavy (non-hydrogen) atoms. The molecule has 1 atom stereocenters. The Labute approximate surface area is 123 Å². The van der Waals surface area contributed by atoms with Gasteiger partial charge in [0, 0.05) is 25.4 Å². The molecule has 0 bridgehead atoms. The Balaban J connectivity index is 2.02. The molecule has 5 nitrogen and oxygen atoms in total. The van der Waals surface area contributed by atoms with E-state index in [0.717, 1.165) is 5.56 Å². The maximum atomic E-state index is 11.9. The predicted molar refractivity (Wildman–Crippen MR) is 79.9 cm³/mol. The summed E-state index contributed by atoms with van der Waals surface area (Å²) in [6, 6.07) is 13.8. The number of esters is 1. The Morgan fingerprint density at radius 3 is 2.57 bits per heavy atom. The first-order chi connectivity index (χ1) is 10.2. The van der Waals surface area contributed by atoms with E-state index in [1.165, 1.54) is 13.2 Å². The third-order valence-corrected chi connectivity index (χ3v) is 3.17. The number of nitrogens with one attached hydrogen (secondary N) is 1. The van der Waals surface area contributed by atoms with Gasteiger partial charge in [0.2, 0.25) is 0 Å². The monoisotopic (exact) mass is 286 g/mol. The van der Waals surface area contributed by atoms with Crippen molar-refractivity contribution >= 4 is 5.97 Å². The molecule has 0 spiro atoms. The minimum atomic E-state index is -0.532. The first kappa shape index (κ1) is 15.0. The molecule has 2 rings (SSSR count). The number of carbonyl (C=O) groups excluding carboxylic acids is 1. The van der Waals surface area contributed by atoms with Crippen LogP contribution in [0, 0.1) is 0 Å². The molecule has 5 heteroatoms. The number of hydrogen-bond acceptors (Lipinski definition) is 4. The van der Waals surface area contributed by atoms with Crippen LogP contribution in [-0.4, -0.2) is 24.2 Å². The van der Waals surface area contributed by atoms with Gasteiger partial charge in [-0.2, -0.15) is 0 Å². The third kappa shape index (κ3) is 4.03. The third-order valence-electron chi connectivity index (χ3n) is 3.17. The first-order valence-electron chi connectivity index (χ1n) is 6.74. The minimum absolute atomic E-state index is 0.0615. The van der Waals surface area contributed by atoms with Crippen LogP contribution >= 0.6 is 0 Å². The van der Waals surface area contributed by atoms with Crippen LogP contribution in [0.4, 0.5) is 0 Å². The molecular formula is C16H18N2O3. The average molecular weight is 286 g/mol. The molecule has 0 amide bonds. The highest BCUT2D eigenvalue weighted by molar-refractivity contribution is 5.77. The van der Waals surface area contributed by atoms with Crippen molar-refractivity contribution in [3.63, 3.8) is 0 Å². The molecule has 0 saturated carbocycles. The second kappa shape index (κ2) is 7.40. The molecule has 0 aliphatic rings. The summed E-state index contributed by atoms with van der Waals surface area (Å²) in [6.07, 6.45) is 1.72. The van der Waals surface area contributed by atoms with Crippen molar-refractivity contribution in [3.8, 4) is 0 Å². The lowest BCUT2D eigenvalue weighted by atomic mass is 10.1. The Morgan fingerprint density at radius 2 is 1.90 bits per heavy atom. The van der Waals surface area contributed by atoms with E-state index in [-0.39, 0.29) is 11.5 Å². The summed E-state index contributed by atoms with van der Waals surface area (Å²) in [6.45, 7) is 0.971. The first-order valence-corrected chi connectivity index (χ1v) is 6.74. The maximum absolute atomic E-state index is 11.9. The van der Waals surface area contributed by atoms with E-state index in [1.54, 1.807) is 22.9 Å². The van der Waals surface area contributed by atoms with E-state index in [1.807, 2.05) is 30.3 Å². The summed E-state index contributed by atoms with van der Waals surface area (Å²) in [5.74, 6) is -0.346. The SMILES string of the molecule is COC(=O)C(NCCn1ccccc1=O)c1ccccc1. The topological polar surface area (TPSA) is 60.3 Å². The summed E-state index contributed by atoms with van der Waals surface area (Å²) < 4.78 is 6.41. The number of hydrogen-bond donors (Lipinski definition) is 1. The van der Waals surface area contributed by atoms with Crippen LogP contribution < -0.4 is 10.9 Å². The second-order valence-corrected chi connectivity index (χ2v) is 4.55. The van der Waals surface area contributed by atoms with Crippen LogP contribution in [0.15, 0.2) is 59.5 Å². The lowest BCUT2D eigenvalue weighted by molar-refractivity contribution is -0.143. The van der Waals surface area contributed by atoms with Gasteiger partial charge in [-0.1, -0.05) is 36.4 Å². The number of methoxy groups -OCH3 is 1. The molecule has 0 fully saturated rings. The molecule has 110 valence electrons. The molecule has 0 aliphatic carbocycles. The number of pyridine rings is 1. The van der Waals surface area contributed by atoms with E-state index in [9.17, 15) is 9.59 Å². The normalized spacial score (nSPS) is 11.9. The van der Waals surface area contributed by atoms with Gasteiger partial charge in [0.05, 0.1) is 7.11 Å². The Morgan fingerprint density at radius 1 is 1.19 bits per heavy atom. The summed E-state index contributed by atoms with van der Waals surface area (Å²) in [5, 5.41) is 3.13. The Hall–Kier alpha value is -2.40. The van der Waals surface area contributed by atoms with Crippen LogP contribution in [0.2, 0.25) is 0 Å². The van der Waals surface area contributed by atoms with Gasteiger partial charge in [-0.05, 0) is 11.6 Å². The fraction of sp³-hybridized carbons (Fsp3) is 0.250. The van der Waals surface area contributed by atoms with Gasteiger partial charge in [-0.25, -0.2) is 4.79 Å². The van der Waals surface area contributed by atoms with Gasteiger partial charge in [0.1, 0.15) is 6.04 Å². The highest BCUT2D eigenvalue weighted by atomic mass is 16.5. The van der Waals surface area contributed by atoms with Gasteiger partial charge >= 0.3 is 5.97 Å². The molecule has 2 aromatic rings. The van der Waals surface area contributed by atoms with Crippen LogP contribution in [0.5, 0.6) is 0 Å². The largest absolute Gasteiger partial charge is 0.468 e. The lowest BCUT2D eigenvalue weighted by Gasteiger charge is -2.17. The molecule has 0 aliphatic heterocycles. The van der Waals surface area contributed by atoms with Crippen LogP contribution in [0.3, 0.4) is 0 Å². The summed E-state index contributed by atoms with van der Waals surface area (Å²) in [4.78, 5) is 23.5. The lowest BCUT2D eigenvalue weighted by Crippen LogP contribution is -2.33. The number of ether oxygens (including phenoxy) is 1. The molecule has 0 radical (unpaired) electrons. The van der Waals surface area contributed by atoms with E-state index >= 15 is 0 Å². The van der Waals surface area contributed by atoms with E-state index < -0.39 is 6.04 Å². The zero-order chi connectivity index (χ0) is 15.1.